The number of nitrogens with zero attached hydrogens (tertiary/aromatic N) is 5. The quantitative estimate of drug-likeness (QED) is 0.733. The highest BCUT2D eigenvalue weighted by Gasteiger charge is 2.23. The Balaban J connectivity index is 1.62. The van der Waals surface area contributed by atoms with Crippen LogP contribution in [0.25, 0.3) is 0 Å². The van der Waals surface area contributed by atoms with Crippen molar-refractivity contribution in [1.29, 1.82) is 0 Å². The SMILES string of the molecule is CCCCCc1nnc(NC(=O)c2nnn(C3CCNCC3)c2C)s1. The number of unbranched alkanes of at least 4 members (excludes halogenated alkanes) is 2. The maximum atomic E-state index is 12.5. The van der Waals surface area contributed by atoms with Crippen LogP contribution in [0.15, 0.2) is 0 Å². The van der Waals surface area contributed by atoms with Crippen molar-refractivity contribution < 1.29 is 4.79 Å². The van der Waals surface area contributed by atoms with E-state index >= 15 is 0 Å². The summed E-state index contributed by atoms with van der Waals surface area (Å²) in [5.41, 5.74) is 1.17. The smallest absolute Gasteiger partial charge is 0.279 e. The Hall–Kier alpha value is -1.87. The fraction of sp³-hybridized carbons (Fsp3) is 0.688. The summed E-state index contributed by atoms with van der Waals surface area (Å²) < 4.78 is 1.88. The lowest BCUT2D eigenvalue weighted by Crippen LogP contribution is -2.30. The van der Waals surface area contributed by atoms with Crippen LogP contribution in [-0.4, -0.2) is 44.2 Å². The number of carbonyl (C=O) groups is 1. The number of hydrogen-bond acceptors (Lipinski definition) is 7. The standard InChI is InChI=1S/C16H25N7OS/c1-3-4-5-6-13-19-21-16(25-13)18-15(24)14-11(2)23(22-20-14)12-7-9-17-10-8-12/h12,17H,3-10H2,1-2H3,(H,18,21,24). The van der Waals surface area contributed by atoms with Gasteiger partial charge in [-0.1, -0.05) is 36.3 Å². The van der Waals surface area contributed by atoms with E-state index in [0.717, 1.165) is 49.5 Å². The van der Waals surface area contributed by atoms with Crippen molar-refractivity contribution in [2.24, 2.45) is 0 Å². The molecule has 0 radical (unpaired) electrons. The third kappa shape index (κ3) is 4.40. The highest BCUT2D eigenvalue weighted by atomic mass is 32.1. The Kier molecular flexibility index (Phi) is 6.09. The monoisotopic (exact) mass is 363 g/mol. The Morgan fingerprint density at radius 3 is 2.84 bits per heavy atom. The van der Waals surface area contributed by atoms with Gasteiger partial charge in [-0.2, -0.15) is 0 Å². The normalized spacial score (nSPS) is 15.4. The Morgan fingerprint density at radius 1 is 1.28 bits per heavy atom. The van der Waals surface area contributed by atoms with Crippen molar-refractivity contribution in [2.75, 3.05) is 18.4 Å². The van der Waals surface area contributed by atoms with Gasteiger partial charge in [0, 0.05) is 6.42 Å². The molecule has 2 N–H and O–H groups in total. The van der Waals surface area contributed by atoms with E-state index in [0.29, 0.717) is 16.9 Å². The average molecular weight is 363 g/mol. The van der Waals surface area contributed by atoms with Crippen LogP contribution in [0.3, 0.4) is 0 Å². The van der Waals surface area contributed by atoms with Gasteiger partial charge in [0.1, 0.15) is 5.01 Å². The molecule has 9 heteroatoms. The predicted octanol–water partition coefficient (Wildman–Crippen LogP) is 2.35. The molecule has 25 heavy (non-hydrogen) atoms. The number of nitrogens with one attached hydrogen (secondary N) is 2. The molecule has 136 valence electrons. The fourth-order valence-electron chi connectivity index (χ4n) is 3.04. The number of rotatable bonds is 7. The van der Waals surface area contributed by atoms with Crippen LogP contribution in [0.2, 0.25) is 0 Å². The maximum absolute atomic E-state index is 12.5. The topological polar surface area (TPSA) is 97.6 Å². The Bertz CT molecular complexity index is 705. The van der Waals surface area contributed by atoms with Crippen molar-refractivity contribution >= 4 is 22.4 Å². The van der Waals surface area contributed by atoms with Crippen molar-refractivity contribution in [1.82, 2.24) is 30.5 Å². The lowest BCUT2D eigenvalue weighted by atomic mass is 10.1. The van der Waals surface area contributed by atoms with Gasteiger partial charge >= 0.3 is 0 Å². The second-order valence-corrected chi connectivity index (χ2v) is 7.42. The number of amides is 1. The second-order valence-electron chi connectivity index (χ2n) is 6.36. The molecule has 2 aromatic rings. The minimum Gasteiger partial charge on any atom is -0.317 e. The molecule has 3 heterocycles. The van der Waals surface area contributed by atoms with E-state index < -0.39 is 0 Å². The summed E-state index contributed by atoms with van der Waals surface area (Å²) in [6, 6.07) is 0.307. The van der Waals surface area contributed by atoms with Gasteiger partial charge in [-0.3, -0.25) is 10.1 Å². The number of aryl methyl sites for hydroxylation is 1. The first-order valence-corrected chi connectivity index (χ1v) is 9.77. The molecule has 0 aromatic carbocycles. The summed E-state index contributed by atoms with van der Waals surface area (Å²) in [6.07, 6.45) is 6.37. The van der Waals surface area contributed by atoms with Crippen LogP contribution in [-0.2, 0) is 6.42 Å². The van der Waals surface area contributed by atoms with Gasteiger partial charge in [0.05, 0.1) is 11.7 Å². The van der Waals surface area contributed by atoms with E-state index in [1.165, 1.54) is 24.2 Å². The van der Waals surface area contributed by atoms with E-state index in [2.05, 4.69) is 38.1 Å². The number of anilines is 1. The van der Waals surface area contributed by atoms with Gasteiger partial charge in [-0.25, -0.2) is 4.68 Å². The van der Waals surface area contributed by atoms with Crippen molar-refractivity contribution in [3.63, 3.8) is 0 Å². The molecule has 0 atom stereocenters. The van der Waals surface area contributed by atoms with Gasteiger partial charge in [0.2, 0.25) is 5.13 Å². The van der Waals surface area contributed by atoms with E-state index in [9.17, 15) is 4.79 Å². The summed E-state index contributed by atoms with van der Waals surface area (Å²) in [7, 11) is 0. The third-order valence-corrected chi connectivity index (χ3v) is 5.38. The first-order valence-electron chi connectivity index (χ1n) is 8.95. The van der Waals surface area contributed by atoms with Gasteiger partial charge in [0.15, 0.2) is 5.69 Å². The van der Waals surface area contributed by atoms with Gasteiger partial charge < -0.3 is 5.32 Å². The van der Waals surface area contributed by atoms with Gasteiger partial charge in [-0.15, -0.1) is 15.3 Å². The molecule has 0 bridgehead atoms. The molecule has 0 unspecified atom stereocenters. The Morgan fingerprint density at radius 2 is 2.08 bits per heavy atom. The van der Waals surface area contributed by atoms with E-state index in [1.807, 2.05) is 11.6 Å². The fourth-order valence-corrected chi connectivity index (χ4v) is 3.81. The molecule has 0 spiro atoms. The molecular formula is C16H25N7OS. The second kappa shape index (κ2) is 8.48. The van der Waals surface area contributed by atoms with Gasteiger partial charge in [-0.05, 0) is 39.3 Å². The van der Waals surface area contributed by atoms with Crippen LogP contribution < -0.4 is 10.6 Å². The van der Waals surface area contributed by atoms with E-state index in [4.69, 9.17) is 0 Å². The maximum Gasteiger partial charge on any atom is 0.279 e. The first kappa shape index (κ1) is 17.9. The number of piperidine rings is 1. The summed E-state index contributed by atoms with van der Waals surface area (Å²) in [5, 5.41) is 24.1. The average Bonchev–Trinajstić information content (AvgIpc) is 3.22. The summed E-state index contributed by atoms with van der Waals surface area (Å²) >= 11 is 1.43. The highest BCUT2D eigenvalue weighted by Crippen LogP contribution is 2.22. The molecule has 2 aromatic heterocycles. The zero-order chi connectivity index (χ0) is 17.6. The van der Waals surface area contributed by atoms with Crippen LogP contribution in [0.1, 0.15) is 66.3 Å². The van der Waals surface area contributed by atoms with Gasteiger partial charge in [0.25, 0.3) is 5.91 Å². The van der Waals surface area contributed by atoms with E-state index in [1.54, 1.807) is 0 Å². The first-order chi connectivity index (χ1) is 12.2. The van der Waals surface area contributed by atoms with E-state index in [-0.39, 0.29) is 5.91 Å². The molecule has 0 aliphatic carbocycles. The van der Waals surface area contributed by atoms with Crippen molar-refractivity contribution in [2.45, 2.75) is 58.4 Å². The van der Waals surface area contributed by atoms with Crippen LogP contribution in [0, 0.1) is 6.92 Å². The molecule has 1 aliphatic rings. The lowest BCUT2D eigenvalue weighted by Gasteiger charge is -2.23. The third-order valence-electron chi connectivity index (χ3n) is 4.48. The number of aromatic nitrogens is 5. The molecule has 1 amide bonds. The molecular weight excluding hydrogens is 338 g/mol. The minimum atomic E-state index is -0.269. The lowest BCUT2D eigenvalue weighted by molar-refractivity contribution is 0.102. The number of hydrogen-bond donors (Lipinski definition) is 2. The largest absolute Gasteiger partial charge is 0.317 e. The van der Waals surface area contributed by atoms with Crippen LogP contribution >= 0.6 is 11.3 Å². The predicted molar refractivity (Wildman–Crippen MR) is 97.0 cm³/mol. The molecule has 8 nitrogen and oxygen atoms in total. The minimum absolute atomic E-state index is 0.269. The molecule has 3 rings (SSSR count). The molecule has 1 aliphatic heterocycles. The summed E-state index contributed by atoms with van der Waals surface area (Å²) in [6.45, 7) is 6.01. The van der Waals surface area contributed by atoms with Crippen molar-refractivity contribution in [3.8, 4) is 0 Å². The Labute approximate surface area is 151 Å². The molecule has 1 saturated heterocycles. The zero-order valence-corrected chi connectivity index (χ0v) is 15.6. The summed E-state index contributed by atoms with van der Waals surface area (Å²) in [5.74, 6) is -0.269. The summed E-state index contributed by atoms with van der Waals surface area (Å²) in [4.78, 5) is 12.5. The molecule has 1 fully saturated rings. The highest BCUT2D eigenvalue weighted by molar-refractivity contribution is 7.15. The molecule has 0 saturated carbocycles. The van der Waals surface area contributed by atoms with Crippen LogP contribution in [0.5, 0.6) is 0 Å². The number of carbonyl (C=O) groups excluding carboxylic acids is 1. The van der Waals surface area contributed by atoms with Crippen LogP contribution in [0.4, 0.5) is 5.13 Å². The zero-order valence-electron chi connectivity index (χ0n) is 14.8. The van der Waals surface area contributed by atoms with Crippen molar-refractivity contribution in [3.05, 3.63) is 16.4 Å².